The van der Waals surface area contributed by atoms with Crippen molar-refractivity contribution in [3.63, 3.8) is 0 Å². The monoisotopic (exact) mass is 501 g/mol. The minimum absolute atomic E-state index is 0.00305. The normalized spacial score (nSPS) is 12.2. The van der Waals surface area contributed by atoms with E-state index in [9.17, 15) is 19.2 Å². The Morgan fingerprint density at radius 2 is 1.64 bits per heavy atom. The van der Waals surface area contributed by atoms with Crippen molar-refractivity contribution in [3.8, 4) is 0 Å². The van der Waals surface area contributed by atoms with Gasteiger partial charge in [-0.3, -0.25) is 14.4 Å². The second kappa shape index (κ2) is 11.7. The highest BCUT2D eigenvalue weighted by molar-refractivity contribution is 6.06. The lowest BCUT2D eigenvalue weighted by atomic mass is 10.1. The first-order valence-electron chi connectivity index (χ1n) is 11.6. The molecule has 0 spiro atoms. The van der Waals surface area contributed by atoms with Gasteiger partial charge in [-0.1, -0.05) is 0 Å². The highest BCUT2D eigenvalue weighted by Crippen LogP contribution is 2.18. The molecule has 3 amide bonds. The number of H-pyrrole nitrogens is 1. The van der Waals surface area contributed by atoms with Gasteiger partial charge in [0.1, 0.15) is 29.3 Å². The number of hydrogen-bond donors (Lipinski definition) is 4. The minimum atomic E-state index is -0.784. The van der Waals surface area contributed by atoms with Gasteiger partial charge in [0.2, 0.25) is 5.91 Å². The Morgan fingerprint density at radius 3 is 2.28 bits per heavy atom. The van der Waals surface area contributed by atoms with Crippen LogP contribution in [-0.2, 0) is 19.1 Å². The Bertz CT molecular complexity index is 1150. The molecule has 1 heterocycles. The third-order valence-electron chi connectivity index (χ3n) is 4.48. The van der Waals surface area contributed by atoms with Crippen molar-refractivity contribution in [2.24, 2.45) is 10.7 Å². The quantitative estimate of drug-likeness (QED) is 0.187. The molecule has 1 aromatic heterocycles. The van der Waals surface area contributed by atoms with Gasteiger partial charge in [0, 0.05) is 29.4 Å². The van der Waals surface area contributed by atoms with Crippen LogP contribution in [0.4, 0.5) is 4.79 Å². The fourth-order valence-corrected chi connectivity index (χ4v) is 3.04. The van der Waals surface area contributed by atoms with Crippen molar-refractivity contribution in [1.82, 2.24) is 15.6 Å². The summed E-state index contributed by atoms with van der Waals surface area (Å²) in [6, 6.07) is 6.77. The minimum Gasteiger partial charge on any atom is -0.459 e. The largest absolute Gasteiger partial charge is 0.459 e. The maximum absolute atomic E-state index is 12.5. The Morgan fingerprint density at radius 1 is 0.972 bits per heavy atom. The second-order valence-electron chi connectivity index (χ2n) is 10.2. The molecule has 0 saturated carbocycles. The van der Waals surface area contributed by atoms with Gasteiger partial charge in [-0.25, -0.2) is 4.79 Å². The van der Waals surface area contributed by atoms with Gasteiger partial charge in [0.05, 0.1) is 0 Å². The van der Waals surface area contributed by atoms with Crippen LogP contribution in [0.1, 0.15) is 70.4 Å². The third-order valence-corrected chi connectivity index (χ3v) is 4.48. The molecule has 2 aromatic rings. The average Bonchev–Trinajstić information content (AvgIpc) is 3.16. The van der Waals surface area contributed by atoms with E-state index in [1.54, 1.807) is 65.8 Å². The summed E-state index contributed by atoms with van der Waals surface area (Å²) in [6.07, 6.45) is -0.240. The van der Waals surface area contributed by atoms with Gasteiger partial charge in [0.25, 0.3) is 5.91 Å². The van der Waals surface area contributed by atoms with Gasteiger partial charge >= 0.3 is 12.1 Å². The second-order valence-corrected chi connectivity index (χ2v) is 10.2. The standard InChI is InChI=1S/C25H35N5O6/c1-24(2,3)35-20(32)14-28-19(31)8-7-11-27-22(33)18-13-16-12-15(9-10-17(16)29-18)21(26)30-23(34)36-25(4,5)6/h9-10,12-13,29H,7-8,11,14H2,1-6H3,(H,27,33)(H,28,31)(H2,26,30,34). The lowest BCUT2D eigenvalue weighted by molar-refractivity contribution is -0.154. The van der Waals surface area contributed by atoms with E-state index in [-0.39, 0.29) is 37.2 Å². The van der Waals surface area contributed by atoms with E-state index in [0.29, 0.717) is 28.6 Å². The number of nitrogens with two attached hydrogens (primary N) is 1. The highest BCUT2D eigenvalue weighted by atomic mass is 16.6. The molecule has 0 aliphatic carbocycles. The number of aromatic amines is 1. The van der Waals surface area contributed by atoms with Gasteiger partial charge in [-0.2, -0.15) is 4.99 Å². The van der Waals surface area contributed by atoms with Crippen LogP contribution in [0.25, 0.3) is 10.9 Å². The maximum atomic E-state index is 12.5. The maximum Gasteiger partial charge on any atom is 0.436 e. The van der Waals surface area contributed by atoms with E-state index >= 15 is 0 Å². The summed E-state index contributed by atoms with van der Waals surface area (Å²) in [5.41, 5.74) is 6.19. The Kier molecular flexibility index (Phi) is 9.21. The molecule has 0 fully saturated rings. The first kappa shape index (κ1) is 28.3. The van der Waals surface area contributed by atoms with E-state index in [0.717, 1.165) is 0 Å². The number of nitrogens with zero attached hydrogens (tertiary/aromatic N) is 1. The fraction of sp³-hybridized carbons (Fsp3) is 0.480. The van der Waals surface area contributed by atoms with E-state index in [2.05, 4.69) is 20.6 Å². The van der Waals surface area contributed by atoms with Crippen molar-refractivity contribution in [3.05, 3.63) is 35.5 Å². The predicted molar refractivity (Wildman–Crippen MR) is 136 cm³/mol. The number of esters is 1. The number of amidine groups is 1. The number of rotatable bonds is 8. The zero-order valence-corrected chi connectivity index (χ0v) is 21.6. The van der Waals surface area contributed by atoms with E-state index in [1.807, 2.05) is 0 Å². The predicted octanol–water partition coefficient (Wildman–Crippen LogP) is 2.78. The summed E-state index contributed by atoms with van der Waals surface area (Å²) in [6.45, 7) is 10.5. The number of carbonyl (C=O) groups is 4. The Hall–Kier alpha value is -3.89. The van der Waals surface area contributed by atoms with Crippen LogP contribution in [0.3, 0.4) is 0 Å². The number of hydrogen-bond acceptors (Lipinski definition) is 6. The zero-order valence-electron chi connectivity index (χ0n) is 21.6. The molecule has 0 saturated heterocycles. The van der Waals surface area contributed by atoms with Gasteiger partial charge in [0.15, 0.2) is 0 Å². The van der Waals surface area contributed by atoms with Crippen molar-refractivity contribution in [2.75, 3.05) is 13.1 Å². The van der Waals surface area contributed by atoms with E-state index < -0.39 is 23.3 Å². The molecule has 196 valence electrons. The van der Waals surface area contributed by atoms with Crippen LogP contribution in [0.15, 0.2) is 29.3 Å². The van der Waals surface area contributed by atoms with Crippen LogP contribution < -0.4 is 16.4 Å². The molecule has 0 atom stereocenters. The molecule has 1 aromatic carbocycles. The van der Waals surface area contributed by atoms with Gasteiger partial charge < -0.3 is 30.8 Å². The number of aromatic nitrogens is 1. The summed E-state index contributed by atoms with van der Waals surface area (Å²) in [5.74, 6) is -1.15. The summed E-state index contributed by atoms with van der Waals surface area (Å²) >= 11 is 0. The van der Waals surface area contributed by atoms with Crippen molar-refractivity contribution in [2.45, 2.75) is 65.6 Å². The topological polar surface area (TPSA) is 165 Å². The SMILES string of the molecule is CC(C)(C)OC(=O)CNC(=O)CCCNC(=O)c1cc2cc(/C(N)=N\C(=O)OC(C)(C)C)ccc2[nH]1. The molecular weight excluding hydrogens is 466 g/mol. The van der Waals surface area contributed by atoms with Crippen LogP contribution in [0.2, 0.25) is 0 Å². The number of amides is 3. The van der Waals surface area contributed by atoms with Crippen LogP contribution in [0.5, 0.6) is 0 Å². The average molecular weight is 502 g/mol. The summed E-state index contributed by atoms with van der Waals surface area (Å²) in [7, 11) is 0. The molecule has 0 unspecified atom stereocenters. The number of aliphatic imine (C=N–C) groups is 1. The lowest BCUT2D eigenvalue weighted by Gasteiger charge is -2.19. The number of ether oxygens (including phenoxy) is 2. The number of benzene rings is 1. The summed E-state index contributed by atoms with van der Waals surface area (Å²) in [4.78, 5) is 54.7. The molecular formula is C25H35N5O6. The van der Waals surface area contributed by atoms with Crippen molar-refractivity contribution < 1.29 is 28.7 Å². The van der Waals surface area contributed by atoms with Crippen molar-refractivity contribution in [1.29, 1.82) is 0 Å². The molecule has 0 aliphatic heterocycles. The number of carbonyl (C=O) groups excluding carboxylic acids is 4. The molecule has 5 N–H and O–H groups in total. The van der Waals surface area contributed by atoms with E-state index in [4.69, 9.17) is 15.2 Å². The van der Waals surface area contributed by atoms with Gasteiger partial charge in [-0.15, -0.1) is 0 Å². The molecule has 0 radical (unpaired) electrons. The van der Waals surface area contributed by atoms with Crippen molar-refractivity contribution >= 4 is 40.6 Å². The fourth-order valence-electron chi connectivity index (χ4n) is 3.04. The van der Waals surface area contributed by atoms with E-state index in [1.165, 1.54) is 0 Å². The summed E-state index contributed by atoms with van der Waals surface area (Å²) in [5, 5.41) is 5.95. The Labute approximate surface area is 210 Å². The van der Waals surface area contributed by atoms with Crippen LogP contribution in [0, 0.1) is 0 Å². The molecule has 0 bridgehead atoms. The lowest BCUT2D eigenvalue weighted by Crippen LogP contribution is -2.35. The highest BCUT2D eigenvalue weighted by Gasteiger charge is 2.18. The molecule has 36 heavy (non-hydrogen) atoms. The smallest absolute Gasteiger partial charge is 0.436 e. The van der Waals surface area contributed by atoms with Crippen LogP contribution in [-0.4, -0.2) is 59.0 Å². The molecule has 11 heteroatoms. The molecule has 11 nitrogen and oxygen atoms in total. The first-order valence-corrected chi connectivity index (χ1v) is 11.6. The number of fused-ring (bicyclic) bond motifs is 1. The van der Waals surface area contributed by atoms with Crippen LogP contribution >= 0.6 is 0 Å². The van der Waals surface area contributed by atoms with Gasteiger partial charge in [-0.05, 0) is 72.2 Å². The zero-order chi connectivity index (χ0) is 27.1. The Balaban J connectivity index is 1.86. The molecule has 2 rings (SSSR count). The molecule has 0 aliphatic rings. The third kappa shape index (κ3) is 9.77. The first-order chi connectivity index (χ1) is 16.6. The number of nitrogens with one attached hydrogen (secondary N) is 3. The summed E-state index contributed by atoms with van der Waals surface area (Å²) < 4.78 is 10.3.